The molecule has 0 aromatic heterocycles. The van der Waals surface area contributed by atoms with Crippen molar-refractivity contribution in [2.24, 2.45) is 5.92 Å². The van der Waals surface area contributed by atoms with E-state index in [2.05, 4.69) is 18.3 Å². The van der Waals surface area contributed by atoms with Gasteiger partial charge in [-0.25, -0.2) is 0 Å². The fraction of sp³-hybridized carbons (Fsp3) is 0.667. The summed E-state index contributed by atoms with van der Waals surface area (Å²) in [5.74, 6) is 2.48. The van der Waals surface area contributed by atoms with Gasteiger partial charge in [-0.2, -0.15) is 0 Å². The number of nitrogens with one attached hydrogen (secondary N) is 1. The standard InChI is InChI=1S/C18H29NO2/c1-3-12-19-13-16-10-7-11-17(20-2)18(16)21-14-15-8-5-4-6-9-15/h7,10-11,15,19H,3-6,8-9,12-14H2,1-2H3. The summed E-state index contributed by atoms with van der Waals surface area (Å²) in [5.41, 5.74) is 1.19. The van der Waals surface area contributed by atoms with Crippen LogP contribution in [0.5, 0.6) is 11.5 Å². The van der Waals surface area contributed by atoms with Crippen LogP contribution in [0, 0.1) is 5.92 Å². The van der Waals surface area contributed by atoms with E-state index in [9.17, 15) is 0 Å². The quantitative estimate of drug-likeness (QED) is 0.730. The molecule has 1 aliphatic rings. The van der Waals surface area contributed by atoms with Crippen LogP contribution in [0.3, 0.4) is 0 Å². The Morgan fingerprint density at radius 2 is 2.00 bits per heavy atom. The Bertz CT molecular complexity index is 414. The van der Waals surface area contributed by atoms with E-state index in [-0.39, 0.29) is 0 Å². The van der Waals surface area contributed by atoms with Gasteiger partial charge >= 0.3 is 0 Å². The van der Waals surface area contributed by atoms with Crippen molar-refractivity contribution < 1.29 is 9.47 Å². The Labute approximate surface area is 129 Å². The molecule has 21 heavy (non-hydrogen) atoms. The molecule has 118 valence electrons. The van der Waals surface area contributed by atoms with Crippen LogP contribution in [0.25, 0.3) is 0 Å². The van der Waals surface area contributed by atoms with Gasteiger partial charge in [-0.1, -0.05) is 38.3 Å². The third kappa shape index (κ3) is 4.92. The van der Waals surface area contributed by atoms with Crippen molar-refractivity contribution in [3.8, 4) is 11.5 Å². The second kappa shape index (κ2) is 8.93. The zero-order valence-electron chi connectivity index (χ0n) is 13.5. The second-order valence-corrected chi connectivity index (χ2v) is 5.94. The lowest BCUT2D eigenvalue weighted by Crippen LogP contribution is -2.18. The predicted octanol–water partition coefficient (Wildman–Crippen LogP) is 4.15. The molecule has 0 bridgehead atoms. The Balaban J connectivity index is 1.99. The van der Waals surface area contributed by atoms with E-state index in [4.69, 9.17) is 9.47 Å². The van der Waals surface area contributed by atoms with E-state index >= 15 is 0 Å². The van der Waals surface area contributed by atoms with Gasteiger partial charge in [0, 0.05) is 12.1 Å². The first-order chi connectivity index (χ1) is 10.3. The lowest BCUT2D eigenvalue weighted by atomic mass is 9.90. The number of methoxy groups -OCH3 is 1. The monoisotopic (exact) mass is 291 g/mol. The van der Waals surface area contributed by atoms with E-state index < -0.39 is 0 Å². The Morgan fingerprint density at radius 3 is 2.71 bits per heavy atom. The summed E-state index contributed by atoms with van der Waals surface area (Å²) >= 11 is 0. The predicted molar refractivity (Wildman–Crippen MR) is 87.1 cm³/mol. The normalized spacial score (nSPS) is 15.9. The molecule has 0 spiro atoms. The summed E-state index contributed by atoms with van der Waals surface area (Å²) < 4.78 is 11.6. The number of hydrogen-bond donors (Lipinski definition) is 1. The van der Waals surface area contributed by atoms with Gasteiger partial charge in [-0.3, -0.25) is 0 Å². The number of rotatable bonds is 8. The average Bonchev–Trinajstić information content (AvgIpc) is 2.54. The molecule has 0 aliphatic heterocycles. The average molecular weight is 291 g/mol. The maximum atomic E-state index is 6.16. The zero-order chi connectivity index (χ0) is 14.9. The van der Waals surface area contributed by atoms with Gasteiger partial charge < -0.3 is 14.8 Å². The van der Waals surface area contributed by atoms with E-state index in [1.807, 2.05) is 12.1 Å². The minimum absolute atomic E-state index is 0.708. The molecule has 0 unspecified atom stereocenters. The first-order valence-corrected chi connectivity index (χ1v) is 8.34. The van der Waals surface area contributed by atoms with Crippen molar-refractivity contribution >= 4 is 0 Å². The number of hydrogen-bond acceptors (Lipinski definition) is 3. The molecule has 1 aromatic carbocycles. The summed E-state index contributed by atoms with van der Waals surface area (Å²) in [6, 6.07) is 6.15. The molecule has 0 radical (unpaired) electrons. The van der Waals surface area contributed by atoms with Gasteiger partial charge in [0.15, 0.2) is 11.5 Å². The Morgan fingerprint density at radius 1 is 1.19 bits per heavy atom. The molecule has 0 atom stereocenters. The fourth-order valence-corrected chi connectivity index (χ4v) is 2.98. The molecular formula is C18H29NO2. The summed E-state index contributed by atoms with van der Waals surface area (Å²) in [6.45, 7) is 4.87. The van der Waals surface area contributed by atoms with Crippen molar-refractivity contribution in [3.63, 3.8) is 0 Å². The minimum Gasteiger partial charge on any atom is -0.493 e. The highest BCUT2D eigenvalue weighted by Gasteiger charge is 2.16. The van der Waals surface area contributed by atoms with Gasteiger partial charge in [0.2, 0.25) is 0 Å². The minimum atomic E-state index is 0.708. The molecule has 1 N–H and O–H groups in total. The van der Waals surface area contributed by atoms with E-state index in [0.29, 0.717) is 5.92 Å². The number of para-hydroxylation sites is 1. The molecule has 1 aliphatic carbocycles. The van der Waals surface area contributed by atoms with Gasteiger partial charge in [0.25, 0.3) is 0 Å². The topological polar surface area (TPSA) is 30.5 Å². The van der Waals surface area contributed by atoms with Gasteiger partial charge in [-0.05, 0) is 37.8 Å². The second-order valence-electron chi connectivity index (χ2n) is 5.94. The van der Waals surface area contributed by atoms with Crippen molar-refractivity contribution in [1.29, 1.82) is 0 Å². The molecule has 3 nitrogen and oxygen atoms in total. The highest BCUT2D eigenvalue weighted by Crippen LogP contribution is 2.33. The molecular weight excluding hydrogens is 262 g/mol. The van der Waals surface area contributed by atoms with Gasteiger partial charge in [0.05, 0.1) is 13.7 Å². The first kappa shape index (κ1) is 16.2. The van der Waals surface area contributed by atoms with Crippen LogP contribution in [-0.4, -0.2) is 20.3 Å². The maximum absolute atomic E-state index is 6.16. The van der Waals surface area contributed by atoms with Crippen molar-refractivity contribution in [1.82, 2.24) is 5.32 Å². The smallest absolute Gasteiger partial charge is 0.165 e. The highest BCUT2D eigenvalue weighted by molar-refractivity contribution is 5.46. The van der Waals surface area contributed by atoms with Crippen LogP contribution < -0.4 is 14.8 Å². The van der Waals surface area contributed by atoms with Crippen molar-refractivity contribution in [2.75, 3.05) is 20.3 Å². The lowest BCUT2D eigenvalue weighted by molar-refractivity contribution is 0.200. The summed E-state index contributed by atoms with van der Waals surface area (Å²) in [6.07, 6.45) is 7.84. The van der Waals surface area contributed by atoms with Crippen LogP contribution in [0.15, 0.2) is 18.2 Å². The fourth-order valence-electron chi connectivity index (χ4n) is 2.98. The Hall–Kier alpha value is -1.22. The summed E-state index contributed by atoms with van der Waals surface area (Å²) in [7, 11) is 1.71. The van der Waals surface area contributed by atoms with Crippen molar-refractivity contribution in [2.45, 2.75) is 52.0 Å². The molecule has 2 rings (SSSR count). The van der Waals surface area contributed by atoms with E-state index in [1.54, 1.807) is 7.11 Å². The SMILES string of the molecule is CCCNCc1cccc(OC)c1OCC1CCCCC1. The zero-order valence-corrected chi connectivity index (χ0v) is 13.5. The van der Waals surface area contributed by atoms with Crippen LogP contribution in [0.1, 0.15) is 51.0 Å². The third-order valence-electron chi connectivity index (χ3n) is 4.21. The largest absolute Gasteiger partial charge is 0.493 e. The number of benzene rings is 1. The maximum Gasteiger partial charge on any atom is 0.165 e. The van der Waals surface area contributed by atoms with E-state index in [1.165, 1.54) is 37.7 Å². The lowest BCUT2D eigenvalue weighted by Gasteiger charge is -2.23. The van der Waals surface area contributed by atoms with Gasteiger partial charge in [-0.15, -0.1) is 0 Å². The highest BCUT2D eigenvalue weighted by atomic mass is 16.5. The molecule has 1 saturated carbocycles. The molecule has 0 amide bonds. The van der Waals surface area contributed by atoms with Crippen LogP contribution in [0.4, 0.5) is 0 Å². The number of ether oxygens (including phenoxy) is 2. The summed E-state index contributed by atoms with van der Waals surface area (Å²) in [5, 5.41) is 3.45. The van der Waals surface area contributed by atoms with Crippen LogP contribution >= 0.6 is 0 Å². The molecule has 0 heterocycles. The van der Waals surface area contributed by atoms with Crippen LogP contribution in [0.2, 0.25) is 0 Å². The van der Waals surface area contributed by atoms with Crippen LogP contribution in [-0.2, 0) is 6.54 Å². The Kier molecular flexibility index (Phi) is 6.87. The third-order valence-corrected chi connectivity index (χ3v) is 4.21. The van der Waals surface area contributed by atoms with Crippen molar-refractivity contribution in [3.05, 3.63) is 23.8 Å². The molecule has 0 saturated heterocycles. The molecule has 1 aromatic rings. The molecule has 1 fully saturated rings. The first-order valence-electron chi connectivity index (χ1n) is 8.34. The van der Waals surface area contributed by atoms with E-state index in [0.717, 1.165) is 37.6 Å². The van der Waals surface area contributed by atoms with Gasteiger partial charge in [0.1, 0.15) is 0 Å². The summed E-state index contributed by atoms with van der Waals surface area (Å²) in [4.78, 5) is 0. The molecule has 3 heteroatoms.